The molecule has 190 valence electrons. The van der Waals surface area contributed by atoms with Crippen LogP contribution in [0.4, 0.5) is 0 Å². The van der Waals surface area contributed by atoms with Crippen LogP contribution in [0.1, 0.15) is 44.9 Å². The molecular formula is C22H29N5O8. The summed E-state index contributed by atoms with van der Waals surface area (Å²) in [5, 5.41) is 7.99. The lowest BCUT2D eigenvalue weighted by atomic mass is 10.3. The number of rotatable bonds is 12. The molecule has 35 heavy (non-hydrogen) atoms. The molecule has 13 nitrogen and oxygen atoms in total. The van der Waals surface area contributed by atoms with Crippen LogP contribution in [-0.2, 0) is 41.7 Å². The lowest BCUT2D eigenvalue weighted by molar-refractivity contribution is -0.141. The minimum Gasteiger partial charge on any atom is -0.466 e. The summed E-state index contributed by atoms with van der Waals surface area (Å²) in [7, 11) is 0. The van der Waals surface area contributed by atoms with E-state index < -0.39 is 23.2 Å². The summed E-state index contributed by atoms with van der Waals surface area (Å²) < 4.78 is 18.0. The normalized spacial score (nSPS) is 11.3. The van der Waals surface area contributed by atoms with E-state index >= 15 is 0 Å². The number of carbonyl (C=O) groups excluding carboxylic acids is 3. The van der Waals surface area contributed by atoms with E-state index in [0.29, 0.717) is 31.7 Å². The van der Waals surface area contributed by atoms with Gasteiger partial charge in [-0.2, -0.15) is 0 Å². The van der Waals surface area contributed by atoms with Gasteiger partial charge in [0.2, 0.25) is 0 Å². The second-order valence-electron chi connectivity index (χ2n) is 7.38. The van der Waals surface area contributed by atoms with E-state index in [0.717, 1.165) is 15.2 Å². The Kier molecular flexibility index (Phi) is 10.1. The molecule has 0 aromatic carbocycles. The first kappa shape index (κ1) is 27.2. The number of hydrogen-bond donors (Lipinski definition) is 0. The minimum absolute atomic E-state index is 0.0103. The molecule has 2 rings (SSSR count). The van der Waals surface area contributed by atoms with E-state index in [1.54, 1.807) is 24.7 Å². The van der Waals surface area contributed by atoms with Crippen LogP contribution in [0.15, 0.2) is 28.1 Å². The smallest absolute Gasteiger partial charge is 0.355 e. The molecule has 0 saturated heterocycles. The Bertz CT molecular complexity index is 1210. The highest BCUT2D eigenvalue weighted by Crippen LogP contribution is 2.07. The van der Waals surface area contributed by atoms with E-state index in [4.69, 9.17) is 14.2 Å². The van der Waals surface area contributed by atoms with Crippen LogP contribution in [0.3, 0.4) is 0 Å². The summed E-state index contributed by atoms with van der Waals surface area (Å²) >= 11 is 0. The zero-order valence-electron chi connectivity index (χ0n) is 20.2. The van der Waals surface area contributed by atoms with Crippen molar-refractivity contribution in [1.29, 1.82) is 0 Å². The summed E-state index contributed by atoms with van der Waals surface area (Å²) in [5.74, 6) is -2.10. The third-order valence-electron chi connectivity index (χ3n) is 4.62. The Morgan fingerprint density at radius 1 is 1.03 bits per heavy atom. The highest BCUT2D eigenvalue weighted by atomic mass is 16.5. The molecule has 0 aliphatic rings. The maximum atomic E-state index is 13.2. The lowest BCUT2D eigenvalue weighted by Crippen LogP contribution is -2.41. The summed E-state index contributed by atoms with van der Waals surface area (Å²) in [4.78, 5) is 61.2. The number of ether oxygens (including phenoxy) is 3. The minimum atomic E-state index is -0.924. The zero-order valence-corrected chi connectivity index (χ0v) is 20.2. The molecule has 0 aliphatic carbocycles. The molecule has 0 amide bonds. The molecule has 0 aliphatic heterocycles. The molecule has 0 N–H and O–H groups in total. The zero-order chi connectivity index (χ0) is 26.0. The molecule has 13 heteroatoms. The maximum absolute atomic E-state index is 13.2. The summed E-state index contributed by atoms with van der Waals surface area (Å²) in [5.41, 5.74) is -1.33. The fourth-order valence-electron chi connectivity index (χ4n) is 3.05. The van der Waals surface area contributed by atoms with Crippen LogP contribution in [0.5, 0.6) is 0 Å². The van der Waals surface area contributed by atoms with Crippen LogP contribution in [0.2, 0.25) is 0 Å². The molecule has 2 aromatic rings. The standard InChI is InChI=1S/C22H29N5O8/c1-5-33-19(29)11-18(21(31)34-6-2)26-12-15(3)20(30)27(22(26)32)14-17-13-25(24-23-17)9-7-8-10-35-16(4)28/h11-13H,5-10,14H2,1-4H3/b18-11-. The predicted molar refractivity (Wildman–Crippen MR) is 122 cm³/mol. The van der Waals surface area contributed by atoms with Gasteiger partial charge in [-0.05, 0) is 33.6 Å². The van der Waals surface area contributed by atoms with Gasteiger partial charge in [0, 0.05) is 25.2 Å². The van der Waals surface area contributed by atoms with Crippen molar-refractivity contribution in [3.8, 4) is 0 Å². The third kappa shape index (κ3) is 7.76. The highest BCUT2D eigenvalue weighted by molar-refractivity contribution is 6.14. The van der Waals surface area contributed by atoms with Gasteiger partial charge in [0.1, 0.15) is 11.4 Å². The van der Waals surface area contributed by atoms with Crippen LogP contribution >= 0.6 is 0 Å². The van der Waals surface area contributed by atoms with E-state index in [2.05, 4.69) is 10.3 Å². The lowest BCUT2D eigenvalue weighted by Gasteiger charge is -2.13. The van der Waals surface area contributed by atoms with Gasteiger partial charge in [0.15, 0.2) is 0 Å². The van der Waals surface area contributed by atoms with E-state index in [1.807, 2.05) is 0 Å². The van der Waals surface area contributed by atoms with Crippen LogP contribution < -0.4 is 11.2 Å². The molecule has 2 aromatic heterocycles. The molecule has 0 atom stereocenters. The summed E-state index contributed by atoms with van der Waals surface area (Å²) in [6.07, 6.45) is 4.92. The first-order valence-corrected chi connectivity index (χ1v) is 11.1. The molecule has 2 heterocycles. The fourth-order valence-corrected chi connectivity index (χ4v) is 3.05. The van der Waals surface area contributed by atoms with Crippen LogP contribution in [0, 0.1) is 6.92 Å². The highest BCUT2D eigenvalue weighted by Gasteiger charge is 2.21. The molecule has 0 unspecified atom stereocenters. The molecule has 0 saturated carbocycles. The van der Waals surface area contributed by atoms with Gasteiger partial charge in [-0.15, -0.1) is 5.10 Å². The second-order valence-corrected chi connectivity index (χ2v) is 7.38. The van der Waals surface area contributed by atoms with Gasteiger partial charge < -0.3 is 14.2 Å². The molecule has 0 spiro atoms. The number of esters is 3. The van der Waals surface area contributed by atoms with Gasteiger partial charge >= 0.3 is 23.6 Å². The predicted octanol–water partition coefficient (Wildman–Crippen LogP) is 0.269. The Labute approximate surface area is 200 Å². The van der Waals surface area contributed by atoms with Crippen molar-refractivity contribution in [2.45, 2.75) is 53.6 Å². The number of carbonyl (C=O) groups is 3. The van der Waals surface area contributed by atoms with Gasteiger partial charge in [-0.1, -0.05) is 5.21 Å². The largest absolute Gasteiger partial charge is 0.466 e. The van der Waals surface area contributed by atoms with Crippen molar-refractivity contribution >= 4 is 23.6 Å². The summed E-state index contributed by atoms with van der Waals surface area (Å²) in [6, 6.07) is 0. The third-order valence-corrected chi connectivity index (χ3v) is 4.62. The topological polar surface area (TPSA) is 154 Å². The van der Waals surface area contributed by atoms with E-state index in [1.165, 1.54) is 20.0 Å². The second kappa shape index (κ2) is 13.0. The van der Waals surface area contributed by atoms with E-state index in [9.17, 15) is 24.0 Å². The van der Waals surface area contributed by atoms with E-state index in [-0.39, 0.29) is 37.0 Å². The molecule has 0 bridgehead atoms. The van der Waals surface area contributed by atoms with Crippen molar-refractivity contribution in [3.05, 3.63) is 50.6 Å². The SMILES string of the molecule is CCOC(=O)/C=C(/C(=O)OCC)n1cc(C)c(=O)n(Cc2cn(CCCCOC(C)=O)nn2)c1=O. The van der Waals surface area contributed by atoms with Gasteiger partial charge in [-0.25, -0.2) is 14.4 Å². The number of hydrogen-bond acceptors (Lipinski definition) is 10. The Morgan fingerprint density at radius 2 is 1.74 bits per heavy atom. The monoisotopic (exact) mass is 491 g/mol. The van der Waals surface area contributed by atoms with Gasteiger partial charge in [0.05, 0.1) is 38.6 Å². The van der Waals surface area contributed by atoms with Crippen molar-refractivity contribution in [3.63, 3.8) is 0 Å². The molecular weight excluding hydrogens is 462 g/mol. The van der Waals surface area contributed by atoms with Crippen LogP contribution in [-0.4, -0.2) is 61.9 Å². The van der Waals surface area contributed by atoms with Gasteiger partial charge in [-0.3, -0.25) is 23.4 Å². The van der Waals surface area contributed by atoms with Crippen molar-refractivity contribution in [1.82, 2.24) is 24.1 Å². The van der Waals surface area contributed by atoms with Crippen molar-refractivity contribution < 1.29 is 28.6 Å². The van der Waals surface area contributed by atoms with Crippen LogP contribution in [0.25, 0.3) is 5.70 Å². The first-order valence-electron chi connectivity index (χ1n) is 11.1. The average Bonchev–Trinajstić information content (AvgIpc) is 3.25. The van der Waals surface area contributed by atoms with Crippen molar-refractivity contribution in [2.75, 3.05) is 19.8 Å². The molecule has 0 fully saturated rings. The number of unbranched alkanes of at least 4 members (excludes halogenated alkanes) is 1. The number of aromatic nitrogens is 5. The Balaban J connectivity index is 2.32. The average molecular weight is 492 g/mol. The maximum Gasteiger partial charge on any atom is 0.355 e. The number of aryl methyl sites for hydroxylation is 2. The Morgan fingerprint density at radius 3 is 2.40 bits per heavy atom. The molecule has 0 radical (unpaired) electrons. The van der Waals surface area contributed by atoms with Gasteiger partial charge in [0.25, 0.3) is 5.56 Å². The summed E-state index contributed by atoms with van der Waals surface area (Å²) in [6.45, 7) is 6.66. The first-order chi connectivity index (χ1) is 16.7. The quantitative estimate of drug-likeness (QED) is 0.175. The van der Waals surface area contributed by atoms with Crippen molar-refractivity contribution in [2.24, 2.45) is 0 Å². The Hall–Kier alpha value is -4.03. The fraction of sp³-hybridized carbons (Fsp3) is 0.500. The number of nitrogens with zero attached hydrogens (tertiary/aromatic N) is 5.